The molecule has 0 aliphatic carbocycles. The number of pyridine rings is 1. The largest absolute Gasteiger partial charge is 0.464 e. The maximum atomic E-state index is 11.8. The van der Waals surface area contributed by atoms with Gasteiger partial charge in [-0.05, 0) is 24.1 Å². The molecule has 0 unspecified atom stereocenters. The summed E-state index contributed by atoms with van der Waals surface area (Å²) in [6.45, 7) is 5.68. The van der Waals surface area contributed by atoms with Gasteiger partial charge in [0.25, 0.3) is 0 Å². The number of nitrogens with zero attached hydrogens (tertiary/aromatic N) is 1. The fourth-order valence-electron chi connectivity index (χ4n) is 2.04. The van der Waals surface area contributed by atoms with Crippen molar-refractivity contribution in [1.29, 1.82) is 0 Å². The molecule has 0 fully saturated rings. The quantitative estimate of drug-likeness (QED) is 0.845. The van der Waals surface area contributed by atoms with Crippen LogP contribution in [0.5, 0.6) is 0 Å². The highest BCUT2D eigenvalue weighted by molar-refractivity contribution is 6.41. The van der Waals surface area contributed by atoms with Crippen molar-refractivity contribution in [3.63, 3.8) is 0 Å². The SMILES string of the molecule is C=Cc1ccc(-c2nc(C(=O)OC)c(Cl)c(N)c2Cl)cc1C. The van der Waals surface area contributed by atoms with Crippen LogP contribution in [0.15, 0.2) is 24.8 Å². The van der Waals surface area contributed by atoms with E-state index in [2.05, 4.69) is 16.3 Å². The minimum absolute atomic E-state index is 0.0139. The lowest BCUT2D eigenvalue weighted by molar-refractivity contribution is 0.0594. The van der Waals surface area contributed by atoms with Crippen molar-refractivity contribution >= 4 is 40.9 Å². The Balaban J connectivity index is 2.70. The molecule has 4 nitrogen and oxygen atoms in total. The van der Waals surface area contributed by atoms with Crippen LogP contribution in [-0.2, 0) is 4.74 Å². The minimum atomic E-state index is -0.672. The Kier molecular flexibility index (Phi) is 4.74. The fraction of sp³-hybridized carbons (Fsp3) is 0.125. The van der Waals surface area contributed by atoms with E-state index in [1.54, 1.807) is 6.08 Å². The summed E-state index contributed by atoms with van der Waals surface area (Å²) in [6, 6.07) is 5.60. The number of ether oxygens (including phenoxy) is 1. The first-order valence-electron chi connectivity index (χ1n) is 6.37. The molecule has 1 aromatic carbocycles. The van der Waals surface area contributed by atoms with Crippen LogP contribution in [0.25, 0.3) is 17.3 Å². The number of hydrogen-bond donors (Lipinski definition) is 1. The van der Waals surface area contributed by atoms with E-state index in [-0.39, 0.29) is 21.4 Å². The zero-order valence-electron chi connectivity index (χ0n) is 12.1. The summed E-state index contributed by atoms with van der Waals surface area (Å²) in [6.07, 6.45) is 1.75. The molecule has 0 aliphatic heterocycles. The molecule has 0 saturated carbocycles. The van der Waals surface area contributed by atoms with Gasteiger partial charge in [0.05, 0.1) is 28.5 Å². The normalized spacial score (nSPS) is 10.4. The average Bonchev–Trinajstić information content (AvgIpc) is 2.52. The molecule has 114 valence electrons. The predicted octanol–water partition coefficient (Wildman–Crippen LogP) is 4.38. The van der Waals surface area contributed by atoms with Crippen LogP contribution >= 0.6 is 23.2 Å². The summed E-state index contributed by atoms with van der Waals surface area (Å²) in [5.41, 5.74) is 9.01. The molecule has 0 bridgehead atoms. The topological polar surface area (TPSA) is 65.2 Å². The number of esters is 1. The van der Waals surface area contributed by atoms with E-state index in [0.29, 0.717) is 5.69 Å². The van der Waals surface area contributed by atoms with Crippen LogP contribution in [0.3, 0.4) is 0 Å². The second kappa shape index (κ2) is 6.38. The van der Waals surface area contributed by atoms with Gasteiger partial charge in [-0.1, -0.05) is 48.0 Å². The fourth-order valence-corrected chi connectivity index (χ4v) is 2.54. The number of aromatic nitrogens is 1. The second-order valence-corrected chi connectivity index (χ2v) is 5.37. The molecular weight excluding hydrogens is 323 g/mol. The number of methoxy groups -OCH3 is 1. The van der Waals surface area contributed by atoms with E-state index in [9.17, 15) is 4.79 Å². The minimum Gasteiger partial charge on any atom is -0.464 e. The lowest BCUT2D eigenvalue weighted by Gasteiger charge is -2.12. The Morgan fingerprint density at radius 1 is 1.36 bits per heavy atom. The molecule has 22 heavy (non-hydrogen) atoms. The summed E-state index contributed by atoms with van der Waals surface area (Å²) in [4.78, 5) is 16.0. The van der Waals surface area contributed by atoms with Crippen LogP contribution in [0.1, 0.15) is 21.6 Å². The van der Waals surface area contributed by atoms with E-state index < -0.39 is 5.97 Å². The van der Waals surface area contributed by atoms with E-state index in [1.807, 2.05) is 25.1 Å². The summed E-state index contributed by atoms with van der Waals surface area (Å²) in [7, 11) is 1.24. The van der Waals surface area contributed by atoms with Gasteiger partial charge in [-0.2, -0.15) is 0 Å². The zero-order valence-corrected chi connectivity index (χ0v) is 13.6. The van der Waals surface area contributed by atoms with Crippen molar-refractivity contribution in [3.8, 4) is 11.3 Å². The highest BCUT2D eigenvalue weighted by Gasteiger charge is 2.21. The van der Waals surface area contributed by atoms with Gasteiger partial charge in [0, 0.05) is 5.56 Å². The van der Waals surface area contributed by atoms with Crippen LogP contribution in [0.2, 0.25) is 10.0 Å². The molecule has 0 radical (unpaired) electrons. The monoisotopic (exact) mass is 336 g/mol. The first-order chi connectivity index (χ1) is 10.4. The smallest absolute Gasteiger partial charge is 0.358 e. The number of aryl methyl sites for hydroxylation is 1. The van der Waals surface area contributed by atoms with Crippen LogP contribution in [0, 0.1) is 6.92 Å². The van der Waals surface area contributed by atoms with Gasteiger partial charge < -0.3 is 10.5 Å². The van der Waals surface area contributed by atoms with E-state index in [1.165, 1.54) is 7.11 Å². The number of hydrogen-bond acceptors (Lipinski definition) is 4. The van der Waals surface area contributed by atoms with Crippen LogP contribution < -0.4 is 5.73 Å². The maximum absolute atomic E-state index is 11.8. The summed E-state index contributed by atoms with van der Waals surface area (Å²) < 4.78 is 4.67. The molecule has 0 saturated heterocycles. The average molecular weight is 337 g/mol. The Morgan fingerprint density at radius 2 is 2.05 bits per heavy atom. The number of carbonyl (C=O) groups is 1. The van der Waals surface area contributed by atoms with Crippen molar-refractivity contribution in [2.45, 2.75) is 6.92 Å². The van der Waals surface area contributed by atoms with Gasteiger partial charge in [-0.3, -0.25) is 0 Å². The molecular formula is C16H14Cl2N2O2. The lowest BCUT2D eigenvalue weighted by atomic mass is 10.0. The molecule has 0 aliphatic rings. The van der Waals surface area contributed by atoms with Gasteiger partial charge in [-0.25, -0.2) is 9.78 Å². The third-order valence-corrected chi connectivity index (χ3v) is 4.02. The Hall–Kier alpha value is -2.04. The number of carbonyl (C=O) groups excluding carboxylic acids is 1. The van der Waals surface area contributed by atoms with Crippen molar-refractivity contribution in [2.75, 3.05) is 12.8 Å². The Morgan fingerprint density at radius 3 is 2.59 bits per heavy atom. The number of nitrogens with two attached hydrogens (primary N) is 1. The molecule has 2 N–H and O–H groups in total. The third kappa shape index (κ3) is 2.80. The second-order valence-electron chi connectivity index (χ2n) is 4.62. The van der Waals surface area contributed by atoms with Gasteiger partial charge >= 0.3 is 5.97 Å². The first kappa shape index (κ1) is 16.3. The van der Waals surface area contributed by atoms with Gasteiger partial charge in [0.2, 0.25) is 0 Å². The zero-order chi connectivity index (χ0) is 16.4. The van der Waals surface area contributed by atoms with E-state index in [4.69, 9.17) is 28.9 Å². The standard InChI is InChI=1S/C16H14Cl2N2O2/c1-4-9-5-6-10(7-8(9)2)14-11(17)13(19)12(18)15(20-14)16(21)22-3/h4-7H,1H2,2-3H3,(H2,19,20). The Bertz CT molecular complexity index is 773. The van der Waals surface area contributed by atoms with Gasteiger partial charge in [0.1, 0.15) is 0 Å². The van der Waals surface area contributed by atoms with Crippen molar-refractivity contribution < 1.29 is 9.53 Å². The number of nitrogen functional groups attached to an aromatic ring is 1. The molecule has 1 heterocycles. The molecule has 2 aromatic rings. The molecule has 0 spiro atoms. The predicted molar refractivity (Wildman–Crippen MR) is 90.3 cm³/mol. The highest BCUT2D eigenvalue weighted by Crippen LogP contribution is 2.37. The summed E-state index contributed by atoms with van der Waals surface area (Å²) in [5.74, 6) is -0.672. The van der Waals surface area contributed by atoms with Gasteiger partial charge in [0.15, 0.2) is 5.69 Å². The van der Waals surface area contributed by atoms with Crippen molar-refractivity contribution in [3.05, 3.63) is 51.6 Å². The highest BCUT2D eigenvalue weighted by atomic mass is 35.5. The third-order valence-electron chi connectivity index (χ3n) is 3.25. The number of anilines is 1. The molecule has 6 heteroatoms. The summed E-state index contributed by atoms with van der Waals surface area (Å²) >= 11 is 12.3. The maximum Gasteiger partial charge on any atom is 0.358 e. The summed E-state index contributed by atoms with van der Waals surface area (Å²) in [5, 5.41) is 0.184. The van der Waals surface area contributed by atoms with E-state index in [0.717, 1.165) is 16.7 Å². The molecule has 0 atom stereocenters. The first-order valence-corrected chi connectivity index (χ1v) is 7.12. The number of benzene rings is 1. The molecule has 0 amide bonds. The molecule has 2 rings (SSSR count). The lowest BCUT2D eigenvalue weighted by Crippen LogP contribution is -2.09. The van der Waals surface area contributed by atoms with Crippen LogP contribution in [-0.4, -0.2) is 18.1 Å². The van der Waals surface area contributed by atoms with Crippen molar-refractivity contribution in [2.24, 2.45) is 0 Å². The number of halogens is 2. The van der Waals surface area contributed by atoms with Crippen molar-refractivity contribution in [1.82, 2.24) is 4.98 Å². The van der Waals surface area contributed by atoms with E-state index >= 15 is 0 Å². The number of rotatable bonds is 3. The van der Waals surface area contributed by atoms with Crippen LogP contribution in [0.4, 0.5) is 5.69 Å². The Labute approximate surface area is 138 Å². The van der Waals surface area contributed by atoms with Gasteiger partial charge in [-0.15, -0.1) is 0 Å². The molecule has 1 aromatic heterocycles.